The van der Waals surface area contributed by atoms with Gasteiger partial charge in [0.2, 0.25) is 0 Å². The molecule has 0 saturated heterocycles. The largest absolute Gasteiger partial charge is 0.492 e. The van der Waals surface area contributed by atoms with Crippen LogP contribution < -0.4 is 10.1 Å². The van der Waals surface area contributed by atoms with E-state index in [-0.39, 0.29) is 0 Å². The van der Waals surface area contributed by atoms with Crippen LogP contribution in [0.2, 0.25) is 5.02 Å². The summed E-state index contributed by atoms with van der Waals surface area (Å²) in [5, 5.41) is 3.80. The van der Waals surface area contributed by atoms with Gasteiger partial charge in [0.15, 0.2) is 0 Å². The van der Waals surface area contributed by atoms with Crippen molar-refractivity contribution in [2.24, 2.45) is 0 Å². The van der Waals surface area contributed by atoms with Crippen molar-refractivity contribution in [2.75, 3.05) is 25.7 Å². The fourth-order valence-electron chi connectivity index (χ4n) is 1.42. The van der Waals surface area contributed by atoms with Crippen LogP contribution in [-0.4, -0.2) is 25.7 Å². The third kappa shape index (κ3) is 4.24. The maximum Gasteiger partial charge on any atom is 0.142 e. The third-order valence-electron chi connectivity index (χ3n) is 2.15. The smallest absolute Gasteiger partial charge is 0.142 e. The van der Waals surface area contributed by atoms with Crippen molar-refractivity contribution in [3.63, 3.8) is 0 Å². The van der Waals surface area contributed by atoms with Gasteiger partial charge in [-0.15, -0.1) is 0 Å². The van der Waals surface area contributed by atoms with E-state index in [0.717, 1.165) is 36.6 Å². The van der Waals surface area contributed by atoms with Gasteiger partial charge >= 0.3 is 0 Å². The summed E-state index contributed by atoms with van der Waals surface area (Å²) in [6, 6.07) is 5.85. The molecule has 0 bridgehead atoms. The van der Waals surface area contributed by atoms with Crippen LogP contribution in [0.4, 0.5) is 0 Å². The second-order valence-corrected chi connectivity index (χ2v) is 4.85. The summed E-state index contributed by atoms with van der Waals surface area (Å²) >= 11 is 7.95. The maximum atomic E-state index is 6.12. The van der Waals surface area contributed by atoms with Crippen molar-refractivity contribution in [3.8, 4) is 5.75 Å². The molecule has 4 heteroatoms. The van der Waals surface area contributed by atoms with E-state index < -0.39 is 0 Å². The standard InChI is InChI=1S/C12H18ClNOS/c1-14-9-10-5-3-6-11(13)12(10)15-7-4-8-16-2/h3,5-6,14H,4,7-9H2,1-2H3. The summed E-state index contributed by atoms with van der Waals surface area (Å²) in [5.41, 5.74) is 1.11. The van der Waals surface area contributed by atoms with Gasteiger partial charge in [-0.2, -0.15) is 11.8 Å². The second-order valence-electron chi connectivity index (χ2n) is 3.45. The van der Waals surface area contributed by atoms with Gasteiger partial charge in [0.1, 0.15) is 5.75 Å². The zero-order valence-electron chi connectivity index (χ0n) is 9.75. The molecule has 0 spiro atoms. The SMILES string of the molecule is CNCc1cccc(Cl)c1OCCCSC. The first-order chi connectivity index (χ1) is 7.79. The molecule has 1 rings (SSSR count). The second kappa shape index (κ2) is 7.82. The number of hydrogen-bond acceptors (Lipinski definition) is 3. The Hall–Kier alpha value is -0.380. The molecule has 0 aromatic heterocycles. The van der Waals surface area contributed by atoms with Crippen molar-refractivity contribution in [1.82, 2.24) is 5.32 Å². The fraction of sp³-hybridized carbons (Fsp3) is 0.500. The van der Waals surface area contributed by atoms with Gasteiger partial charge in [-0.1, -0.05) is 23.7 Å². The highest BCUT2D eigenvalue weighted by molar-refractivity contribution is 7.98. The van der Waals surface area contributed by atoms with Gasteiger partial charge in [-0.25, -0.2) is 0 Å². The summed E-state index contributed by atoms with van der Waals surface area (Å²) in [7, 11) is 1.92. The van der Waals surface area contributed by atoms with Crippen LogP contribution in [0.15, 0.2) is 18.2 Å². The Labute approximate surface area is 107 Å². The van der Waals surface area contributed by atoms with Crippen LogP contribution >= 0.6 is 23.4 Å². The molecular formula is C12H18ClNOS. The van der Waals surface area contributed by atoms with E-state index in [2.05, 4.69) is 11.6 Å². The highest BCUT2D eigenvalue weighted by Gasteiger charge is 2.07. The van der Waals surface area contributed by atoms with Gasteiger partial charge in [0, 0.05) is 12.1 Å². The van der Waals surface area contributed by atoms with Crippen molar-refractivity contribution in [2.45, 2.75) is 13.0 Å². The summed E-state index contributed by atoms with van der Waals surface area (Å²) in [6.07, 6.45) is 3.15. The van der Waals surface area contributed by atoms with Gasteiger partial charge in [0.05, 0.1) is 11.6 Å². The number of benzene rings is 1. The molecule has 0 radical (unpaired) electrons. The van der Waals surface area contributed by atoms with Gasteiger partial charge in [-0.3, -0.25) is 0 Å². The number of thioether (sulfide) groups is 1. The lowest BCUT2D eigenvalue weighted by Crippen LogP contribution is -2.08. The van der Waals surface area contributed by atoms with E-state index in [1.807, 2.05) is 37.0 Å². The molecule has 2 nitrogen and oxygen atoms in total. The molecule has 0 amide bonds. The Balaban J connectivity index is 2.61. The number of ether oxygens (including phenoxy) is 1. The Morgan fingerprint density at radius 3 is 2.94 bits per heavy atom. The van der Waals surface area contributed by atoms with E-state index in [1.165, 1.54) is 0 Å². The Bertz CT molecular complexity index is 320. The molecule has 0 aliphatic heterocycles. The Kier molecular flexibility index (Phi) is 6.69. The number of hydrogen-bond donors (Lipinski definition) is 1. The quantitative estimate of drug-likeness (QED) is 0.760. The summed E-state index contributed by atoms with van der Waals surface area (Å²) in [6.45, 7) is 1.50. The molecule has 0 heterocycles. The van der Waals surface area contributed by atoms with Crippen LogP contribution in [-0.2, 0) is 6.54 Å². The molecule has 1 aromatic carbocycles. The topological polar surface area (TPSA) is 21.3 Å². The number of halogens is 1. The fourth-order valence-corrected chi connectivity index (χ4v) is 2.08. The Morgan fingerprint density at radius 1 is 1.44 bits per heavy atom. The first kappa shape index (κ1) is 13.7. The Morgan fingerprint density at radius 2 is 2.25 bits per heavy atom. The lowest BCUT2D eigenvalue weighted by Gasteiger charge is -2.12. The van der Waals surface area contributed by atoms with Crippen molar-refractivity contribution >= 4 is 23.4 Å². The van der Waals surface area contributed by atoms with Crippen LogP contribution in [0.3, 0.4) is 0 Å². The number of para-hydroxylation sites is 1. The normalized spacial score (nSPS) is 10.4. The average Bonchev–Trinajstić information content (AvgIpc) is 2.28. The molecule has 0 atom stereocenters. The van der Waals surface area contributed by atoms with Crippen LogP contribution in [0.25, 0.3) is 0 Å². The zero-order valence-corrected chi connectivity index (χ0v) is 11.3. The van der Waals surface area contributed by atoms with Gasteiger partial charge in [0.25, 0.3) is 0 Å². The highest BCUT2D eigenvalue weighted by atomic mass is 35.5. The van der Waals surface area contributed by atoms with Crippen LogP contribution in [0.1, 0.15) is 12.0 Å². The van der Waals surface area contributed by atoms with Crippen molar-refractivity contribution in [1.29, 1.82) is 0 Å². The first-order valence-electron chi connectivity index (χ1n) is 5.33. The average molecular weight is 260 g/mol. The maximum absolute atomic E-state index is 6.12. The molecule has 0 fully saturated rings. The van der Waals surface area contributed by atoms with E-state index in [4.69, 9.17) is 16.3 Å². The molecule has 0 saturated carbocycles. The molecular weight excluding hydrogens is 242 g/mol. The predicted octanol–water partition coefficient (Wildman–Crippen LogP) is 3.19. The zero-order chi connectivity index (χ0) is 11.8. The number of nitrogens with one attached hydrogen (secondary N) is 1. The summed E-state index contributed by atoms with van der Waals surface area (Å²) in [4.78, 5) is 0. The predicted molar refractivity (Wildman–Crippen MR) is 72.7 cm³/mol. The minimum absolute atomic E-state index is 0.692. The molecule has 0 aliphatic rings. The van der Waals surface area contributed by atoms with Crippen molar-refractivity contribution < 1.29 is 4.74 Å². The van der Waals surface area contributed by atoms with Crippen LogP contribution in [0, 0.1) is 0 Å². The molecule has 16 heavy (non-hydrogen) atoms. The lowest BCUT2D eigenvalue weighted by atomic mass is 10.2. The minimum atomic E-state index is 0.692. The lowest BCUT2D eigenvalue weighted by molar-refractivity contribution is 0.315. The first-order valence-corrected chi connectivity index (χ1v) is 7.10. The summed E-state index contributed by atoms with van der Waals surface area (Å²) in [5.74, 6) is 1.94. The van der Waals surface area contributed by atoms with Gasteiger partial charge in [-0.05, 0) is 31.5 Å². The highest BCUT2D eigenvalue weighted by Crippen LogP contribution is 2.28. The molecule has 90 valence electrons. The van der Waals surface area contributed by atoms with Gasteiger partial charge < -0.3 is 10.1 Å². The molecule has 1 aromatic rings. The molecule has 0 aliphatic carbocycles. The van der Waals surface area contributed by atoms with E-state index >= 15 is 0 Å². The van der Waals surface area contributed by atoms with E-state index in [9.17, 15) is 0 Å². The molecule has 1 N–H and O–H groups in total. The third-order valence-corrected chi connectivity index (χ3v) is 3.15. The van der Waals surface area contributed by atoms with Crippen molar-refractivity contribution in [3.05, 3.63) is 28.8 Å². The minimum Gasteiger partial charge on any atom is -0.492 e. The molecule has 0 unspecified atom stereocenters. The van der Waals surface area contributed by atoms with E-state index in [1.54, 1.807) is 0 Å². The summed E-state index contributed by atoms with van der Waals surface area (Å²) < 4.78 is 5.74. The van der Waals surface area contributed by atoms with Crippen LogP contribution in [0.5, 0.6) is 5.75 Å². The number of rotatable bonds is 7. The van der Waals surface area contributed by atoms with E-state index in [0.29, 0.717) is 5.02 Å². The monoisotopic (exact) mass is 259 g/mol.